The smallest absolute Gasteiger partial charge is 0.280 e. The number of alkyl halides is 2. The summed E-state index contributed by atoms with van der Waals surface area (Å²) in [6.07, 6.45) is 1.70. The highest BCUT2D eigenvalue weighted by molar-refractivity contribution is 5.31. The van der Waals surface area contributed by atoms with Crippen molar-refractivity contribution in [2.45, 2.75) is 32.1 Å². The second-order valence-electron chi connectivity index (χ2n) is 5.25. The van der Waals surface area contributed by atoms with Crippen LogP contribution >= 0.6 is 0 Å². The number of aromatic nitrogens is 1. The summed E-state index contributed by atoms with van der Waals surface area (Å²) in [6, 6.07) is 3.32. The molecular formula is C13H16F2N2. The molecule has 3 rings (SSSR count). The number of rotatable bonds is 1. The van der Waals surface area contributed by atoms with Crippen molar-refractivity contribution in [1.29, 1.82) is 0 Å². The highest BCUT2D eigenvalue weighted by atomic mass is 19.3. The summed E-state index contributed by atoms with van der Waals surface area (Å²) in [5.41, 5.74) is 2.30. The number of pyridine rings is 1. The maximum absolute atomic E-state index is 12.6. The molecule has 0 bridgehead atoms. The molecule has 0 unspecified atom stereocenters. The van der Waals surface area contributed by atoms with E-state index >= 15 is 0 Å². The first kappa shape index (κ1) is 11.1. The van der Waals surface area contributed by atoms with Crippen molar-refractivity contribution in [3.05, 3.63) is 29.1 Å². The summed E-state index contributed by atoms with van der Waals surface area (Å²) in [5, 5.41) is 3.35. The molecule has 2 aliphatic rings. The molecule has 17 heavy (non-hydrogen) atoms. The molecule has 0 atom stereocenters. The topological polar surface area (TPSA) is 24.9 Å². The standard InChI is InChI=1S/C13H16F2N2/c14-12(15)10-2-1-9-7-13(8-11(9)17-10)3-5-16-6-4-13/h1-2,12,16H,3-8H2. The van der Waals surface area contributed by atoms with Crippen LogP contribution in [0.5, 0.6) is 0 Å². The van der Waals surface area contributed by atoms with Crippen LogP contribution in [0.3, 0.4) is 0 Å². The second kappa shape index (κ2) is 4.02. The minimum absolute atomic E-state index is 0.0743. The van der Waals surface area contributed by atoms with E-state index in [2.05, 4.69) is 10.3 Å². The van der Waals surface area contributed by atoms with Crippen molar-refractivity contribution >= 4 is 0 Å². The van der Waals surface area contributed by atoms with E-state index in [1.807, 2.05) is 6.07 Å². The Bertz CT molecular complexity index is 425. The summed E-state index contributed by atoms with van der Waals surface area (Å²) >= 11 is 0. The van der Waals surface area contributed by atoms with E-state index in [1.54, 1.807) is 0 Å². The number of hydrogen-bond acceptors (Lipinski definition) is 2. The van der Waals surface area contributed by atoms with Crippen molar-refractivity contribution in [3.63, 3.8) is 0 Å². The first-order chi connectivity index (χ1) is 8.19. The lowest BCUT2D eigenvalue weighted by Gasteiger charge is -2.33. The quantitative estimate of drug-likeness (QED) is 0.813. The van der Waals surface area contributed by atoms with E-state index in [0.29, 0.717) is 5.41 Å². The van der Waals surface area contributed by atoms with Gasteiger partial charge in [0.1, 0.15) is 5.69 Å². The lowest BCUT2D eigenvalue weighted by Crippen LogP contribution is -2.37. The Labute approximate surface area is 99.4 Å². The first-order valence-electron chi connectivity index (χ1n) is 6.16. The number of nitrogens with one attached hydrogen (secondary N) is 1. The Hall–Kier alpha value is -1.03. The van der Waals surface area contributed by atoms with Crippen LogP contribution in [0.2, 0.25) is 0 Å². The van der Waals surface area contributed by atoms with Gasteiger partial charge in [-0.3, -0.25) is 4.98 Å². The molecule has 1 saturated heterocycles. The summed E-state index contributed by atoms with van der Waals surface area (Å²) < 4.78 is 25.2. The molecule has 2 nitrogen and oxygen atoms in total. The zero-order valence-corrected chi connectivity index (χ0v) is 9.68. The van der Waals surface area contributed by atoms with E-state index in [9.17, 15) is 8.78 Å². The van der Waals surface area contributed by atoms with Crippen LogP contribution in [0.1, 0.15) is 36.2 Å². The van der Waals surface area contributed by atoms with Crippen LogP contribution in [0.25, 0.3) is 0 Å². The van der Waals surface area contributed by atoms with Gasteiger partial charge < -0.3 is 5.32 Å². The predicted molar refractivity (Wildman–Crippen MR) is 61.1 cm³/mol. The average molecular weight is 238 g/mol. The summed E-state index contributed by atoms with van der Waals surface area (Å²) in [7, 11) is 0. The van der Waals surface area contributed by atoms with Gasteiger partial charge in [-0.15, -0.1) is 0 Å². The largest absolute Gasteiger partial charge is 0.317 e. The summed E-state index contributed by atoms with van der Waals surface area (Å²) in [5.74, 6) is 0. The fraction of sp³-hybridized carbons (Fsp3) is 0.615. The molecule has 0 radical (unpaired) electrons. The fourth-order valence-electron chi connectivity index (χ4n) is 3.11. The van der Waals surface area contributed by atoms with Crippen LogP contribution in [0, 0.1) is 5.41 Å². The predicted octanol–water partition coefficient (Wildman–Crippen LogP) is 2.49. The fourth-order valence-corrected chi connectivity index (χ4v) is 3.11. The van der Waals surface area contributed by atoms with Crippen LogP contribution in [0.15, 0.2) is 12.1 Å². The average Bonchev–Trinajstić information content (AvgIpc) is 2.66. The van der Waals surface area contributed by atoms with E-state index in [4.69, 9.17) is 0 Å². The summed E-state index contributed by atoms with van der Waals surface area (Å²) in [4.78, 5) is 4.13. The minimum Gasteiger partial charge on any atom is -0.317 e. The second-order valence-corrected chi connectivity index (χ2v) is 5.25. The van der Waals surface area contributed by atoms with Crippen molar-refractivity contribution in [1.82, 2.24) is 10.3 Å². The third-order valence-electron chi connectivity index (χ3n) is 4.09. The van der Waals surface area contributed by atoms with Crippen LogP contribution in [0.4, 0.5) is 8.78 Å². The number of fused-ring (bicyclic) bond motifs is 1. The molecule has 1 aromatic heterocycles. The Morgan fingerprint density at radius 3 is 2.65 bits per heavy atom. The molecule has 1 aliphatic heterocycles. The van der Waals surface area contributed by atoms with Crippen LogP contribution in [-0.4, -0.2) is 18.1 Å². The molecule has 4 heteroatoms. The van der Waals surface area contributed by atoms with Gasteiger partial charge in [-0.25, -0.2) is 8.78 Å². The maximum Gasteiger partial charge on any atom is 0.280 e. The highest BCUT2D eigenvalue weighted by Gasteiger charge is 2.39. The summed E-state index contributed by atoms with van der Waals surface area (Å²) in [6.45, 7) is 2.07. The molecule has 1 fully saturated rings. The van der Waals surface area contributed by atoms with Crippen molar-refractivity contribution in [3.8, 4) is 0 Å². The Morgan fingerprint density at radius 2 is 1.94 bits per heavy atom. The lowest BCUT2D eigenvalue weighted by atomic mass is 9.77. The molecular weight excluding hydrogens is 222 g/mol. The van der Waals surface area contributed by atoms with Gasteiger partial charge in [0.2, 0.25) is 0 Å². The third-order valence-corrected chi connectivity index (χ3v) is 4.09. The highest BCUT2D eigenvalue weighted by Crippen LogP contribution is 2.42. The first-order valence-corrected chi connectivity index (χ1v) is 6.16. The van der Waals surface area contributed by atoms with Crippen molar-refractivity contribution in [2.24, 2.45) is 5.41 Å². The molecule has 2 heterocycles. The van der Waals surface area contributed by atoms with E-state index in [0.717, 1.165) is 44.5 Å². The number of halogens is 2. The molecule has 1 spiro atoms. The molecule has 0 amide bonds. The van der Waals surface area contributed by atoms with Gasteiger partial charge in [0.25, 0.3) is 6.43 Å². The van der Waals surface area contributed by atoms with Gasteiger partial charge in [0.05, 0.1) is 0 Å². The van der Waals surface area contributed by atoms with Crippen LogP contribution < -0.4 is 5.32 Å². The third kappa shape index (κ3) is 1.95. The van der Waals surface area contributed by atoms with Gasteiger partial charge in [-0.05, 0) is 55.8 Å². The van der Waals surface area contributed by atoms with E-state index < -0.39 is 6.43 Å². The van der Waals surface area contributed by atoms with Gasteiger partial charge in [-0.1, -0.05) is 6.07 Å². The van der Waals surface area contributed by atoms with Gasteiger partial charge in [0, 0.05) is 5.69 Å². The molecule has 1 aromatic rings. The van der Waals surface area contributed by atoms with Crippen LogP contribution in [-0.2, 0) is 12.8 Å². The maximum atomic E-state index is 12.6. The van der Waals surface area contributed by atoms with Gasteiger partial charge in [-0.2, -0.15) is 0 Å². The monoisotopic (exact) mass is 238 g/mol. The van der Waals surface area contributed by atoms with Crippen molar-refractivity contribution < 1.29 is 8.78 Å². The Kier molecular flexibility index (Phi) is 2.62. The normalized spacial score (nSPS) is 22.1. The zero-order valence-electron chi connectivity index (χ0n) is 9.68. The SMILES string of the molecule is FC(F)c1ccc2c(n1)CC1(CCNCC1)C2. The molecule has 1 aliphatic carbocycles. The minimum atomic E-state index is -2.45. The number of piperidine rings is 1. The van der Waals surface area contributed by atoms with Gasteiger partial charge in [0.15, 0.2) is 0 Å². The van der Waals surface area contributed by atoms with Gasteiger partial charge >= 0.3 is 0 Å². The van der Waals surface area contributed by atoms with Crippen molar-refractivity contribution in [2.75, 3.05) is 13.1 Å². The van der Waals surface area contributed by atoms with E-state index in [1.165, 1.54) is 11.6 Å². The molecule has 0 aromatic carbocycles. The zero-order chi connectivity index (χ0) is 11.9. The molecule has 1 N–H and O–H groups in total. The van der Waals surface area contributed by atoms with E-state index in [-0.39, 0.29) is 5.69 Å². The molecule has 0 saturated carbocycles. The number of nitrogens with zero attached hydrogens (tertiary/aromatic N) is 1. The Morgan fingerprint density at radius 1 is 1.18 bits per heavy atom. The Balaban J connectivity index is 1.87. The number of hydrogen-bond donors (Lipinski definition) is 1. The molecule has 92 valence electrons. The lowest BCUT2D eigenvalue weighted by molar-refractivity contribution is 0.145.